The summed E-state index contributed by atoms with van der Waals surface area (Å²) in [6.07, 6.45) is 4.66. The monoisotopic (exact) mass is 469 g/mol. The maximum atomic E-state index is 15.1. The summed E-state index contributed by atoms with van der Waals surface area (Å²) in [5, 5.41) is 18.1. The third kappa shape index (κ3) is 4.02. The third-order valence-corrected chi connectivity index (χ3v) is 7.45. The molecule has 0 radical (unpaired) electrons. The predicted octanol–water partition coefficient (Wildman–Crippen LogP) is 6.60. The van der Waals surface area contributed by atoms with Crippen molar-refractivity contribution in [3.63, 3.8) is 0 Å². The van der Waals surface area contributed by atoms with E-state index in [4.69, 9.17) is 4.52 Å². The van der Waals surface area contributed by atoms with Gasteiger partial charge in [-0.3, -0.25) is 0 Å². The van der Waals surface area contributed by atoms with Crippen LogP contribution in [0.1, 0.15) is 48.9 Å². The number of benzene rings is 3. The lowest BCUT2D eigenvalue weighted by atomic mass is 9.81. The molecular weight excluding hydrogens is 441 g/mol. The molecule has 0 bridgehead atoms. The second kappa shape index (κ2) is 8.61. The topological polar surface area (TPSA) is 71.2 Å². The minimum Gasteiger partial charge on any atom is -0.507 e. The number of hydrogen-bond acceptors (Lipinski definition) is 5. The number of phenols is 1. The van der Waals surface area contributed by atoms with Crippen LogP contribution in [-0.4, -0.2) is 21.3 Å². The fraction of sp³-hybridized carbons (Fsp3) is 0.310. The van der Waals surface area contributed by atoms with Crippen LogP contribution in [0.5, 0.6) is 5.75 Å². The average Bonchev–Trinajstić information content (AvgIpc) is 3.47. The molecule has 0 amide bonds. The Balaban J connectivity index is 1.25. The third-order valence-electron chi connectivity index (χ3n) is 7.45. The first kappa shape index (κ1) is 22.0. The van der Waals surface area contributed by atoms with E-state index in [-0.39, 0.29) is 17.2 Å². The number of fused-ring (bicyclic) bond motifs is 1. The Morgan fingerprint density at radius 1 is 1.03 bits per heavy atom. The highest BCUT2D eigenvalue weighted by Gasteiger charge is 2.31. The number of phenolic OH excluding ortho intramolecular Hbond substituents is 1. The first-order valence-electron chi connectivity index (χ1n) is 12.3. The Hall–Kier alpha value is -3.51. The first-order chi connectivity index (χ1) is 17.0. The number of hydrogen-bond donors (Lipinski definition) is 2. The summed E-state index contributed by atoms with van der Waals surface area (Å²) in [6, 6.07) is 17.4. The summed E-state index contributed by atoms with van der Waals surface area (Å²) >= 11 is 0. The highest BCUT2D eigenvalue weighted by Crippen LogP contribution is 2.38. The molecular formula is C29H28FN3O2. The number of halogens is 1. The van der Waals surface area contributed by atoms with Gasteiger partial charge < -0.3 is 14.9 Å². The molecule has 1 fully saturated rings. The van der Waals surface area contributed by atoms with Gasteiger partial charge in [-0.05, 0) is 85.0 Å². The van der Waals surface area contributed by atoms with Crippen LogP contribution in [0.3, 0.4) is 0 Å². The number of para-hydroxylation sites is 1. The lowest BCUT2D eigenvalue weighted by molar-refractivity contribution is 0.222. The number of aromatic nitrogens is 2. The summed E-state index contributed by atoms with van der Waals surface area (Å²) in [5.74, 6) is 1.06. The quantitative estimate of drug-likeness (QED) is 0.345. The molecule has 0 spiro atoms. The zero-order chi connectivity index (χ0) is 24.1. The van der Waals surface area contributed by atoms with Crippen molar-refractivity contribution < 1.29 is 14.0 Å². The van der Waals surface area contributed by atoms with Crippen LogP contribution in [0.4, 0.5) is 4.39 Å². The molecule has 1 saturated carbocycles. The van der Waals surface area contributed by atoms with Gasteiger partial charge in [0.05, 0.1) is 5.56 Å². The van der Waals surface area contributed by atoms with Gasteiger partial charge in [-0.2, -0.15) is 4.98 Å². The zero-order valence-electron chi connectivity index (χ0n) is 19.9. The van der Waals surface area contributed by atoms with Gasteiger partial charge in [-0.25, -0.2) is 4.39 Å². The Kier molecular flexibility index (Phi) is 5.41. The van der Waals surface area contributed by atoms with Crippen LogP contribution in [0.25, 0.3) is 34.0 Å². The maximum Gasteiger partial charge on any atom is 0.261 e. The van der Waals surface area contributed by atoms with Gasteiger partial charge in [0.1, 0.15) is 11.6 Å². The van der Waals surface area contributed by atoms with E-state index in [9.17, 15) is 5.11 Å². The Morgan fingerprint density at radius 2 is 1.86 bits per heavy atom. The number of rotatable bonds is 5. The number of nitrogens with zero attached hydrogens (tertiary/aromatic N) is 2. The van der Waals surface area contributed by atoms with Gasteiger partial charge in [0.2, 0.25) is 5.82 Å². The fourth-order valence-electron chi connectivity index (χ4n) is 5.54. The molecule has 2 N–H and O–H groups in total. The molecule has 35 heavy (non-hydrogen) atoms. The van der Waals surface area contributed by atoms with E-state index in [0.29, 0.717) is 29.0 Å². The van der Waals surface area contributed by atoms with E-state index >= 15 is 4.39 Å². The van der Waals surface area contributed by atoms with Crippen LogP contribution >= 0.6 is 0 Å². The van der Waals surface area contributed by atoms with Crippen LogP contribution in [0, 0.1) is 18.7 Å². The van der Waals surface area contributed by atoms with Crippen molar-refractivity contribution in [3.05, 3.63) is 77.1 Å². The van der Waals surface area contributed by atoms with Crippen LogP contribution in [0.2, 0.25) is 0 Å². The van der Waals surface area contributed by atoms with Gasteiger partial charge in [-0.1, -0.05) is 42.4 Å². The SMILES string of the molecule is Cc1cc(-c2nc(-c3ccc4c(c3)CCC4N[C@H]3C[C@H](C)C3)no2)c(F)cc1-c1ccccc1O. The molecule has 2 aliphatic rings. The first-order valence-corrected chi connectivity index (χ1v) is 12.3. The molecule has 0 saturated heterocycles. The minimum atomic E-state index is -0.475. The Morgan fingerprint density at radius 3 is 2.66 bits per heavy atom. The predicted molar refractivity (Wildman–Crippen MR) is 133 cm³/mol. The van der Waals surface area contributed by atoms with E-state index in [1.54, 1.807) is 24.3 Å². The van der Waals surface area contributed by atoms with Crippen molar-refractivity contribution in [3.8, 4) is 39.7 Å². The molecule has 3 aromatic carbocycles. The van der Waals surface area contributed by atoms with E-state index in [1.165, 1.54) is 30.0 Å². The molecule has 1 heterocycles. The molecule has 6 rings (SSSR count). The second-order valence-electron chi connectivity index (χ2n) is 10.0. The molecule has 1 unspecified atom stereocenters. The summed E-state index contributed by atoms with van der Waals surface area (Å²) in [5.41, 5.74) is 5.81. The van der Waals surface area contributed by atoms with Crippen molar-refractivity contribution in [2.24, 2.45) is 5.92 Å². The molecule has 6 heteroatoms. The van der Waals surface area contributed by atoms with Gasteiger partial charge in [-0.15, -0.1) is 0 Å². The van der Waals surface area contributed by atoms with Crippen molar-refractivity contribution in [1.29, 1.82) is 0 Å². The van der Waals surface area contributed by atoms with Crippen LogP contribution < -0.4 is 5.32 Å². The van der Waals surface area contributed by atoms with Crippen LogP contribution in [-0.2, 0) is 6.42 Å². The van der Waals surface area contributed by atoms with Crippen LogP contribution in [0.15, 0.2) is 59.1 Å². The highest BCUT2D eigenvalue weighted by molar-refractivity contribution is 5.76. The highest BCUT2D eigenvalue weighted by atomic mass is 19.1. The van der Waals surface area contributed by atoms with E-state index < -0.39 is 5.82 Å². The molecule has 2 aliphatic carbocycles. The van der Waals surface area contributed by atoms with E-state index in [0.717, 1.165) is 29.9 Å². The summed E-state index contributed by atoms with van der Waals surface area (Å²) < 4.78 is 20.6. The summed E-state index contributed by atoms with van der Waals surface area (Å²) in [4.78, 5) is 4.51. The van der Waals surface area contributed by atoms with Crippen molar-refractivity contribution in [1.82, 2.24) is 15.5 Å². The maximum absolute atomic E-state index is 15.1. The van der Waals surface area contributed by atoms with Gasteiger partial charge in [0.15, 0.2) is 0 Å². The molecule has 0 aliphatic heterocycles. The summed E-state index contributed by atoms with van der Waals surface area (Å²) in [7, 11) is 0. The second-order valence-corrected chi connectivity index (χ2v) is 10.0. The smallest absolute Gasteiger partial charge is 0.261 e. The number of nitrogens with one attached hydrogen (secondary N) is 1. The lowest BCUT2D eigenvalue weighted by Gasteiger charge is -2.36. The fourth-order valence-corrected chi connectivity index (χ4v) is 5.54. The van der Waals surface area contributed by atoms with Gasteiger partial charge >= 0.3 is 0 Å². The number of aryl methyl sites for hydroxylation is 2. The van der Waals surface area contributed by atoms with Crippen molar-refractivity contribution in [2.45, 2.75) is 51.6 Å². The largest absolute Gasteiger partial charge is 0.507 e. The van der Waals surface area contributed by atoms with Gasteiger partial charge in [0.25, 0.3) is 5.89 Å². The Bertz CT molecular complexity index is 1410. The van der Waals surface area contributed by atoms with E-state index in [1.807, 2.05) is 19.1 Å². The molecule has 178 valence electrons. The van der Waals surface area contributed by atoms with Crippen molar-refractivity contribution in [2.75, 3.05) is 0 Å². The molecule has 5 nitrogen and oxygen atoms in total. The zero-order valence-corrected chi connectivity index (χ0v) is 19.9. The normalized spacial score (nSPS) is 21.1. The molecule has 1 aromatic heterocycles. The minimum absolute atomic E-state index is 0.110. The van der Waals surface area contributed by atoms with Crippen molar-refractivity contribution >= 4 is 0 Å². The Labute approximate surface area is 204 Å². The molecule has 1 atom stereocenters. The standard InChI is InChI=1S/C29H28FN3O2/c1-16-11-20(12-16)31-26-10-8-18-14-19(7-9-21(18)26)28-32-29(35-33-28)24-13-17(2)23(15-25(24)30)22-5-3-4-6-27(22)34/h3-7,9,13-16,20,26,31,34H,8,10-12H2,1-2H3/t16-,20-,26?. The van der Waals surface area contributed by atoms with Gasteiger partial charge in [0, 0.05) is 23.2 Å². The van der Waals surface area contributed by atoms with E-state index in [2.05, 4.69) is 34.5 Å². The number of aromatic hydroxyl groups is 1. The molecule has 4 aromatic rings. The summed E-state index contributed by atoms with van der Waals surface area (Å²) in [6.45, 7) is 4.18. The average molecular weight is 470 g/mol. The lowest BCUT2D eigenvalue weighted by Crippen LogP contribution is -2.41.